The van der Waals surface area contributed by atoms with Gasteiger partial charge in [0, 0.05) is 42.2 Å². The number of ether oxygens (including phenoxy) is 2. The lowest BCUT2D eigenvalue weighted by Gasteiger charge is -2.22. The summed E-state index contributed by atoms with van der Waals surface area (Å²) in [7, 11) is -3.51. The monoisotopic (exact) mass is 585 g/mol. The summed E-state index contributed by atoms with van der Waals surface area (Å²) in [4.78, 5) is 8.93. The lowest BCUT2D eigenvalue weighted by molar-refractivity contribution is 0.0263. The molecule has 2 aromatic heterocycles. The first kappa shape index (κ1) is 27.7. The van der Waals surface area contributed by atoms with Crippen molar-refractivity contribution in [3.8, 4) is 17.1 Å². The number of rotatable bonds is 10. The number of anilines is 3. The average molecular weight is 586 g/mol. The van der Waals surface area contributed by atoms with Gasteiger partial charge in [-0.2, -0.15) is 0 Å². The highest BCUT2D eigenvalue weighted by molar-refractivity contribution is 7.92. The molecule has 216 valence electrons. The van der Waals surface area contributed by atoms with Crippen LogP contribution in [-0.2, 0) is 27.8 Å². The van der Waals surface area contributed by atoms with Crippen LogP contribution in [0, 0.1) is 0 Å². The van der Waals surface area contributed by atoms with Crippen molar-refractivity contribution in [2.24, 2.45) is 0 Å². The van der Waals surface area contributed by atoms with Crippen LogP contribution in [0.15, 0.2) is 89.6 Å². The molecule has 1 aliphatic rings. The molecule has 0 amide bonds. The van der Waals surface area contributed by atoms with E-state index in [9.17, 15) is 8.42 Å². The molecule has 1 saturated heterocycles. The summed E-state index contributed by atoms with van der Waals surface area (Å²) in [6.07, 6.45) is 3.40. The number of nitrogens with one attached hydrogen (secondary N) is 3. The predicted molar refractivity (Wildman–Crippen MR) is 163 cm³/mol. The second-order valence-electron chi connectivity index (χ2n) is 10.1. The fourth-order valence-electron chi connectivity index (χ4n) is 4.80. The van der Waals surface area contributed by atoms with Crippen LogP contribution in [0.5, 0.6) is 5.75 Å². The van der Waals surface area contributed by atoms with E-state index in [4.69, 9.17) is 13.9 Å². The topological polar surface area (TPSA) is 128 Å². The summed E-state index contributed by atoms with van der Waals surface area (Å²) >= 11 is 0. The maximum atomic E-state index is 12.0. The normalized spacial score (nSPS) is 15.4. The summed E-state index contributed by atoms with van der Waals surface area (Å²) in [5.74, 6) is 2.59. The summed E-state index contributed by atoms with van der Waals surface area (Å²) in [5.41, 5.74) is 3.63. The van der Waals surface area contributed by atoms with Crippen LogP contribution in [0.4, 0.5) is 17.2 Å². The Labute approximate surface area is 244 Å². The Morgan fingerprint density at radius 2 is 1.90 bits per heavy atom. The van der Waals surface area contributed by atoms with E-state index in [1.807, 2.05) is 60.7 Å². The number of benzene rings is 3. The third-order valence-corrected chi connectivity index (χ3v) is 7.38. The molecular weight excluding hydrogens is 554 g/mol. The zero-order valence-corrected chi connectivity index (χ0v) is 23.9. The highest BCUT2D eigenvalue weighted by Crippen LogP contribution is 2.34. The van der Waals surface area contributed by atoms with Gasteiger partial charge in [0.1, 0.15) is 36.0 Å². The van der Waals surface area contributed by atoms with Crippen LogP contribution in [0.25, 0.3) is 22.2 Å². The van der Waals surface area contributed by atoms with E-state index in [1.165, 1.54) is 6.33 Å². The minimum atomic E-state index is -3.51. The van der Waals surface area contributed by atoms with E-state index < -0.39 is 10.0 Å². The molecule has 6 rings (SSSR count). The first-order chi connectivity index (χ1) is 20.4. The SMILES string of the molecule is CS(=O)(=O)Nc1ccc(Nc2ncnc3ccc(-c4ccc(CC5CNCCO5)o4)cc23)cc1OCc1ccccc1. The molecule has 0 bridgehead atoms. The molecule has 0 spiro atoms. The molecule has 42 heavy (non-hydrogen) atoms. The van der Waals surface area contributed by atoms with Gasteiger partial charge in [-0.05, 0) is 48.0 Å². The van der Waals surface area contributed by atoms with Crippen molar-refractivity contribution in [2.45, 2.75) is 19.1 Å². The number of nitrogens with zero attached hydrogens (tertiary/aromatic N) is 2. The lowest BCUT2D eigenvalue weighted by Crippen LogP contribution is -2.39. The molecular formula is C31H31N5O5S. The van der Waals surface area contributed by atoms with Gasteiger partial charge in [0.25, 0.3) is 0 Å². The third kappa shape index (κ3) is 6.88. The molecule has 3 heterocycles. The zero-order valence-electron chi connectivity index (χ0n) is 23.0. The Kier molecular flexibility index (Phi) is 8.04. The van der Waals surface area contributed by atoms with Gasteiger partial charge in [0.05, 0.1) is 30.2 Å². The maximum absolute atomic E-state index is 12.0. The minimum Gasteiger partial charge on any atom is -0.487 e. The number of morpholine rings is 1. The van der Waals surface area contributed by atoms with Gasteiger partial charge in [-0.15, -0.1) is 0 Å². The van der Waals surface area contributed by atoms with Crippen LogP contribution in [0.3, 0.4) is 0 Å². The fraction of sp³-hybridized carbons (Fsp3) is 0.226. The molecule has 1 aliphatic heterocycles. The molecule has 1 atom stereocenters. The Balaban J connectivity index is 1.26. The largest absolute Gasteiger partial charge is 0.487 e. The van der Waals surface area contributed by atoms with Crippen LogP contribution in [-0.4, -0.2) is 50.4 Å². The van der Waals surface area contributed by atoms with Crippen molar-refractivity contribution in [3.63, 3.8) is 0 Å². The summed E-state index contributed by atoms with van der Waals surface area (Å²) in [6.45, 7) is 2.66. The molecule has 0 aliphatic carbocycles. The van der Waals surface area contributed by atoms with Gasteiger partial charge in [-0.25, -0.2) is 18.4 Å². The molecule has 1 unspecified atom stereocenters. The van der Waals surface area contributed by atoms with Gasteiger partial charge in [0.15, 0.2) is 0 Å². The summed E-state index contributed by atoms with van der Waals surface area (Å²) in [5, 5.41) is 7.50. The summed E-state index contributed by atoms with van der Waals surface area (Å²) in [6, 6.07) is 24.7. The predicted octanol–water partition coefficient (Wildman–Crippen LogP) is 5.11. The number of fused-ring (bicyclic) bond motifs is 1. The Hall–Kier alpha value is -4.45. The van der Waals surface area contributed by atoms with Gasteiger partial charge in [-0.3, -0.25) is 4.72 Å². The van der Waals surface area contributed by atoms with Crippen molar-refractivity contribution in [1.29, 1.82) is 0 Å². The molecule has 0 saturated carbocycles. The number of furan rings is 1. The molecule has 3 aromatic carbocycles. The van der Waals surface area contributed by atoms with Crippen molar-refractivity contribution >= 4 is 38.1 Å². The molecule has 1 fully saturated rings. The standard InChI is InChI=1S/C31H31N5O5S/c1-42(37,38)36-28-11-8-23(16-30(28)40-19-21-5-3-2-4-6-21)35-31-26-15-22(7-10-27(26)33-20-34-31)29-12-9-24(41-29)17-25-18-32-13-14-39-25/h2-12,15-16,20,25,32,36H,13-14,17-19H2,1H3,(H,33,34,35). The molecule has 11 heteroatoms. The second kappa shape index (κ2) is 12.2. The first-order valence-electron chi connectivity index (χ1n) is 13.6. The smallest absolute Gasteiger partial charge is 0.229 e. The van der Waals surface area contributed by atoms with E-state index in [0.29, 0.717) is 36.0 Å². The first-order valence-corrected chi connectivity index (χ1v) is 15.5. The number of aromatic nitrogens is 2. The molecule has 10 nitrogen and oxygen atoms in total. The van der Waals surface area contributed by atoms with Crippen molar-refractivity contribution < 1.29 is 22.3 Å². The zero-order chi connectivity index (χ0) is 28.9. The second-order valence-corrected chi connectivity index (χ2v) is 11.9. The van der Waals surface area contributed by atoms with Crippen LogP contribution in [0.1, 0.15) is 11.3 Å². The van der Waals surface area contributed by atoms with Gasteiger partial charge in [-0.1, -0.05) is 30.3 Å². The fourth-order valence-corrected chi connectivity index (χ4v) is 5.37. The summed E-state index contributed by atoms with van der Waals surface area (Å²) < 4.78 is 44.5. The van der Waals surface area contributed by atoms with E-state index >= 15 is 0 Å². The highest BCUT2D eigenvalue weighted by Gasteiger charge is 2.17. The third-order valence-electron chi connectivity index (χ3n) is 6.79. The van der Waals surface area contributed by atoms with Crippen molar-refractivity contribution in [3.05, 3.63) is 96.5 Å². The Morgan fingerprint density at radius 3 is 2.71 bits per heavy atom. The van der Waals surface area contributed by atoms with Gasteiger partial charge in [0.2, 0.25) is 10.0 Å². The quantitative estimate of drug-likeness (QED) is 0.205. The maximum Gasteiger partial charge on any atom is 0.229 e. The van der Waals surface area contributed by atoms with E-state index in [1.54, 1.807) is 18.2 Å². The number of hydrogen-bond donors (Lipinski definition) is 3. The van der Waals surface area contributed by atoms with Crippen LogP contribution in [0.2, 0.25) is 0 Å². The number of hydrogen-bond acceptors (Lipinski definition) is 9. The average Bonchev–Trinajstić information content (AvgIpc) is 3.46. The van der Waals surface area contributed by atoms with E-state index in [2.05, 4.69) is 25.3 Å². The van der Waals surface area contributed by atoms with Crippen LogP contribution >= 0.6 is 0 Å². The molecule has 3 N–H and O–H groups in total. The van der Waals surface area contributed by atoms with Crippen LogP contribution < -0.4 is 20.1 Å². The van der Waals surface area contributed by atoms with E-state index in [-0.39, 0.29) is 12.7 Å². The number of sulfonamides is 1. The van der Waals surface area contributed by atoms with E-state index in [0.717, 1.165) is 52.9 Å². The Bertz CT molecular complexity index is 1790. The van der Waals surface area contributed by atoms with Gasteiger partial charge >= 0.3 is 0 Å². The molecule has 0 radical (unpaired) electrons. The van der Waals surface area contributed by atoms with Crippen molar-refractivity contribution in [2.75, 3.05) is 36.0 Å². The lowest BCUT2D eigenvalue weighted by atomic mass is 10.1. The minimum absolute atomic E-state index is 0.0964. The van der Waals surface area contributed by atoms with Gasteiger partial charge < -0.3 is 24.5 Å². The highest BCUT2D eigenvalue weighted by atomic mass is 32.2. The molecule has 5 aromatic rings. The van der Waals surface area contributed by atoms with Crippen molar-refractivity contribution in [1.82, 2.24) is 15.3 Å². The Morgan fingerprint density at radius 1 is 1.02 bits per heavy atom.